The summed E-state index contributed by atoms with van der Waals surface area (Å²) in [6, 6.07) is 4.78. The average Bonchev–Trinajstić information content (AvgIpc) is 2.48. The summed E-state index contributed by atoms with van der Waals surface area (Å²) in [5.74, 6) is 0.325. The number of rotatable bonds is 3. The predicted octanol–water partition coefficient (Wildman–Crippen LogP) is 2.02. The van der Waals surface area contributed by atoms with Crippen molar-refractivity contribution in [2.24, 2.45) is 5.92 Å². The maximum atomic E-state index is 12.3. The van der Waals surface area contributed by atoms with E-state index in [2.05, 4.69) is 10.2 Å². The van der Waals surface area contributed by atoms with Crippen LogP contribution in [0.2, 0.25) is 0 Å². The molecule has 1 unspecified atom stereocenters. The van der Waals surface area contributed by atoms with Crippen molar-refractivity contribution in [2.45, 2.75) is 18.9 Å². The highest BCUT2D eigenvalue weighted by molar-refractivity contribution is 14.1. The van der Waals surface area contributed by atoms with Gasteiger partial charge in [0.05, 0.1) is 8.49 Å². The molecule has 0 aliphatic carbocycles. The van der Waals surface area contributed by atoms with Crippen molar-refractivity contribution >= 4 is 34.2 Å². The van der Waals surface area contributed by atoms with Crippen LogP contribution in [-0.4, -0.2) is 41.4 Å². The molecule has 0 spiro atoms. The second-order valence-corrected chi connectivity index (χ2v) is 6.80. The molecule has 3 aliphatic rings. The number of nitrogens with zero attached hydrogens (tertiary/aromatic N) is 2. The fraction of sp³-hybridized carbons (Fsp3) is 0.500. The Morgan fingerprint density at radius 3 is 2.67 bits per heavy atom. The number of nitrogens with one attached hydrogen (secondary N) is 1. The number of halogens is 1. The topological polar surface area (TPSA) is 75.5 Å². The molecule has 1 amide bonds. The first-order chi connectivity index (χ1) is 10.0. The molecule has 0 aromatic heterocycles. The first-order valence-corrected chi connectivity index (χ1v) is 8.09. The van der Waals surface area contributed by atoms with Crippen LogP contribution in [-0.2, 0) is 0 Å². The first-order valence-electron chi connectivity index (χ1n) is 7.02. The van der Waals surface area contributed by atoms with Gasteiger partial charge in [0.15, 0.2) is 0 Å². The van der Waals surface area contributed by atoms with Gasteiger partial charge in [0.25, 0.3) is 11.6 Å². The number of piperidine rings is 3. The summed E-state index contributed by atoms with van der Waals surface area (Å²) >= 11 is 1.91. The Morgan fingerprint density at radius 1 is 1.38 bits per heavy atom. The largest absolute Gasteiger partial charge is 0.348 e. The van der Waals surface area contributed by atoms with Gasteiger partial charge in [0.2, 0.25) is 0 Å². The van der Waals surface area contributed by atoms with Crippen molar-refractivity contribution in [2.75, 3.05) is 19.6 Å². The van der Waals surface area contributed by atoms with Gasteiger partial charge in [-0.25, -0.2) is 0 Å². The lowest BCUT2D eigenvalue weighted by molar-refractivity contribution is -0.385. The van der Waals surface area contributed by atoms with E-state index in [0.29, 0.717) is 15.1 Å². The third kappa shape index (κ3) is 3.03. The van der Waals surface area contributed by atoms with Crippen LogP contribution in [0.3, 0.4) is 0 Å². The van der Waals surface area contributed by atoms with E-state index in [9.17, 15) is 14.9 Å². The zero-order chi connectivity index (χ0) is 15.0. The number of carbonyl (C=O) groups excluding carboxylic acids is 1. The zero-order valence-corrected chi connectivity index (χ0v) is 13.6. The number of carbonyl (C=O) groups is 1. The molecular formula is C14H16IN3O3. The van der Waals surface area contributed by atoms with Gasteiger partial charge in [0.1, 0.15) is 0 Å². The van der Waals surface area contributed by atoms with Crippen molar-refractivity contribution in [3.05, 3.63) is 37.4 Å². The van der Waals surface area contributed by atoms with E-state index in [0.717, 1.165) is 32.5 Å². The zero-order valence-electron chi connectivity index (χ0n) is 11.4. The number of nitro groups is 1. The summed E-state index contributed by atoms with van der Waals surface area (Å²) in [4.78, 5) is 25.2. The lowest BCUT2D eigenvalue weighted by atomic mass is 9.84. The van der Waals surface area contributed by atoms with E-state index in [1.54, 1.807) is 12.1 Å². The summed E-state index contributed by atoms with van der Waals surface area (Å²) < 4.78 is 0.539. The third-order valence-corrected chi connectivity index (χ3v) is 5.29. The van der Waals surface area contributed by atoms with E-state index >= 15 is 0 Å². The van der Waals surface area contributed by atoms with E-state index in [-0.39, 0.29) is 17.6 Å². The Morgan fingerprint density at radius 2 is 2.10 bits per heavy atom. The van der Waals surface area contributed by atoms with E-state index < -0.39 is 4.92 Å². The SMILES string of the molecule is O=C(NC1CN2CCC1CC2)c1ccc(I)c([N+](=O)[O-])c1. The summed E-state index contributed by atoms with van der Waals surface area (Å²) in [6.45, 7) is 3.13. The molecule has 3 aliphatic heterocycles. The molecule has 1 aromatic carbocycles. The van der Waals surface area contributed by atoms with Crippen molar-refractivity contribution in [3.8, 4) is 0 Å². The normalized spacial score (nSPS) is 27.4. The molecule has 3 saturated heterocycles. The van der Waals surface area contributed by atoms with Gasteiger partial charge in [-0.1, -0.05) is 0 Å². The van der Waals surface area contributed by atoms with Crippen LogP contribution >= 0.6 is 22.6 Å². The molecule has 1 aromatic rings. The second kappa shape index (κ2) is 5.88. The maximum absolute atomic E-state index is 12.3. The molecule has 4 rings (SSSR count). The minimum atomic E-state index is -0.452. The smallest absolute Gasteiger partial charge is 0.283 e. The summed E-state index contributed by atoms with van der Waals surface area (Å²) in [6.07, 6.45) is 2.25. The fourth-order valence-electron chi connectivity index (χ4n) is 3.17. The van der Waals surface area contributed by atoms with E-state index in [1.165, 1.54) is 6.07 Å². The Bertz CT molecular complexity index is 585. The molecule has 112 valence electrons. The number of benzene rings is 1. The van der Waals surface area contributed by atoms with Crippen LogP contribution in [0.25, 0.3) is 0 Å². The Kier molecular flexibility index (Phi) is 4.12. The van der Waals surface area contributed by atoms with Gasteiger partial charge < -0.3 is 10.2 Å². The highest BCUT2D eigenvalue weighted by Gasteiger charge is 2.35. The number of amides is 1. The minimum absolute atomic E-state index is 0.0165. The van der Waals surface area contributed by atoms with Crippen LogP contribution in [0.1, 0.15) is 23.2 Å². The van der Waals surface area contributed by atoms with Crippen LogP contribution in [0.15, 0.2) is 18.2 Å². The average molecular weight is 401 g/mol. The molecular weight excluding hydrogens is 385 g/mol. The summed E-state index contributed by atoms with van der Waals surface area (Å²) in [5, 5.41) is 14.0. The monoisotopic (exact) mass is 401 g/mol. The molecule has 7 heteroatoms. The van der Waals surface area contributed by atoms with Crippen LogP contribution in [0.5, 0.6) is 0 Å². The molecule has 21 heavy (non-hydrogen) atoms. The molecule has 0 radical (unpaired) electrons. The molecule has 3 heterocycles. The second-order valence-electron chi connectivity index (χ2n) is 5.64. The standard InChI is InChI=1S/C14H16IN3O3/c15-11-2-1-10(7-13(11)18(20)21)14(19)16-12-8-17-5-3-9(12)4-6-17/h1-2,7,9,12H,3-6,8H2,(H,16,19). The highest BCUT2D eigenvalue weighted by atomic mass is 127. The molecule has 1 N–H and O–H groups in total. The number of nitro benzene ring substituents is 1. The lowest BCUT2D eigenvalue weighted by Crippen LogP contribution is -2.57. The fourth-order valence-corrected chi connectivity index (χ4v) is 3.71. The Balaban J connectivity index is 1.74. The molecule has 2 bridgehead atoms. The quantitative estimate of drug-likeness (QED) is 0.478. The van der Waals surface area contributed by atoms with Gasteiger partial charge in [-0.3, -0.25) is 14.9 Å². The predicted molar refractivity (Wildman–Crippen MR) is 86.2 cm³/mol. The summed E-state index contributed by atoms with van der Waals surface area (Å²) in [7, 11) is 0. The molecule has 1 atom stereocenters. The number of hydrogen-bond acceptors (Lipinski definition) is 4. The first kappa shape index (κ1) is 14.7. The van der Waals surface area contributed by atoms with E-state index in [1.807, 2.05) is 22.6 Å². The lowest BCUT2D eigenvalue weighted by Gasteiger charge is -2.44. The van der Waals surface area contributed by atoms with Crippen molar-refractivity contribution < 1.29 is 9.72 Å². The van der Waals surface area contributed by atoms with Crippen LogP contribution in [0.4, 0.5) is 5.69 Å². The van der Waals surface area contributed by atoms with Crippen LogP contribution < -0.4 is 5.32 Å². The third-order valence-electron chi connectivity index (χ3n) is 4.38. The highest BCUT2D eigenvalue weighted by Crippen LogP contribution is 2.28. The van der Waals surface area contributed by atoms with Gasteiger partial charge >= 0.3 is 0 Å². The Hall–Kier alpha value is -1.22. The van der Waals surface area contributed by atoms with Gasteiger partial charge in [-0.2, -0.15) is 0 Å². The number of hydrogen-bond donors (Lipinski definition) is 1. The molecule has 6 nitrogen and oxygen atoms in total. The van der Waals surface area contributed by atoms with Crippen molar-refractivity contribution in [3.63, 3.8) is 0 Å². The Labute approximate surface area is 136 Å². The minimum Gasteiger partial charge on any atom is -0.348 e. The van der Waals surface area contributed by atoms with E-state index in [4.69, 9.17) is 0 Å². The molecule has 0 saturated carbocycles. The van der Waals surface area contributed by atoms with Gasteiger partial charge in [0, 0.05) is 24.2 Å². The van der Waals surface area contributed by atoms with Crippen LogP contribution in [0, 0.1) is 19.6 Å². The van der Waals surface area contributed by atoms with Gasteiger partial charge in [-0.05, 0) is 66.6 Å². The van der Waals surface area contributed by atoms with Gasteiger partial charge in [-0.15, -0.1) is 0 Å². The maximum Gasteiger partial charge on any atom is 0.283 e. The van der Waals surface area contributed by atoms with Crippen molar-refractivity contribution in [1.29, 1.82) is 0 Å². The summed E-state index contributed by atoms with van der Waals surface area (Å²) in [5.41, 5.74) is 0.343. The molecule has 3 fully saturated rings. The number of fused-ring (bicyclic) bond motifs is 3. The van der Waals surface area contributed by atoms with Crippen molar-refractivity contribution in [1.82, 2.24) is 10.2 Å².